The summed E-state index contributed by atoms with van der Waals surface area (Å²) in [5.41, 5.74) is 10.9. The van der Waals surface area contributed by atoms with E-state index in [2.05, 4.69) is 77.3 Å². The highest BCUT2D eigenvalue weighted by Crippen LogP contribution is 2.38. The Hall–Kier alpha value is -1.76. The maximum Gasteiger partial charge on any atom is 0.0393 e. The van der Waals surface area contributed by atoms with Crippen LogP contribution in [0.1, 0.15) is 38.8 Å². The molecule has 0 fully saturated rings. The van der Waals surface area contributed by atoms with E-state index in [0.29, 0.717) is 5.92 Å². The molecule has 19 heavy (non-hydrogen) atoms. The largest absolute Gasteiger partial charge is 0.398 e. The molecule has 2 rings (SSSR count). The van der Waals surface area contributed by atoms with E-state index >= 15 is 0 Å². The number of nitrogens with two attached hydrogens (primary N) is 1. The minimum Gasteiger partial charge on any atom is -0.398 e. The van der Waals surface area contributed by atoms with Gasteiger partial charge in [-0.1, -0.05) is 56.7 Å². The van der Waals surface area contributed by atoms with Gasteiger partial charge in [0.15, 0.2) is 0 Å². The molecule has 0 bridgehead atoms. The van der Waals surface area contributed by atoms with Crippen molar-refractivity contribution in [2.45, 2.75) is 33.1 Å². The van der Waals surface area contributed by atoms with Crippen molar-refractivity contribution < 1.29 is 0 Å². The monoisotopic (exact) mass is 255 g/mol. The third kappa shape index (κ3) is 2.98. The number of allylic oxidation sites excluding steroid dienone is 3. The van der Waals surface area contributed by atoms with Crippen molar-refractivity contribution in [2.75, 3.05) is 0 Å². The van der Waals surface area contributed by atoms with E-state index in [1.54, 1.807) is 0 Å². The fourth-order valence-corrected chi connectivity index (χ4v) is 2.52. The van der Waals surface area contributed by atoms with E-state index in [1.807, 2.05) is 0 Å². The molecule has 1 heteroatoms. The van der Waals surface area contributed by atoms with Gasteiger partial charge in [-0.15, -0.1) is 13.2 Å². The van der Waals surface area contributed by atoms with Gasteiger partial charge in [0, 0.05) is 11.3 Å². The van der Waals surface area contributed by atoms with Crippen LogP contribution in [0.25, 0.3) is 5.70 Å². The van der Waals surface area contributed by atoms with Crippen LogP contribution < -0.4 is 5.73 Å². The number of hydrogen-bond acceptors (Lipinski definition) is 1. The van der Waals surface area contributed by atoms with Crippen molar-refractivity contribution in [3.8, 4) is 0 Å². The van der Waals surface area contributed by atoms with E-state index in [0.717, 1.165) is 5.70 Å². The van der Waals surface area contributed by atoms with Crippen molar-refractivity contribution in [1.82, 2.24) is 0 Å². The molecule has 0 aromatic heterocycles. The van der Waals surface area contributed by atoms with Gasteiger partial charge in [-0.2, -0.15) is 0 Å². The molecular weight excluding hydrogens is 230 g/mol. The van der Waals surface area contributed by atoms with E-state index < -0.39 is 0 Å². The second kappa shape index (κ2) is 5.92. The molecule has 1 atom stereocenters. The fourth-order valence-electron chi connectivity index (χ4n) is 2.52. The lowest BCUT2D eigenvalue weighted by molar-refractivity contribution is 0.406. The van der Waals surface area contributed by atoms with Gasteiger partial charge in [0.2, 0.25) is 0 Å². The highest BCUT2D eigenvalue weighted by molar-refractivity contribution is 5.69. The molecule has 0 amide bonds. The summed E-state index contributed by atoms with van der Waals surface area (Å²) in [6.07, 6.45) is 4.38. The third-order valence-corrected chi connectivity index (χ3v) is 3.97. The zero-order chi connectivity index (χ0) is 14.6. The summed E-state index contributed by atoms with van der Waals surface area (Å²) in [4.78, 5) is 0. The van der Waals surface area contributed by atoms with Crippen molar-refractivity contribution in [3.05, 3.63) is 66.3 Å². The van der Waals surface area contributed by atoms with Crippen LogP contribution in [0.3, 0.4) is 0 Å². The van der Waals surface area contributed by atoms with Crippen LogP contribution in [0.2, 0.25) is 0 Å². The topological polar surface area (TPSA) is 26.0 Å². The molecule has 2 N–H and O–H groups in total. The molecule has 0 radical (unpaired) electrons. The molecule has 0 saturated carbocycles. The number of hydrogen-bond donors (Lipinski definition) is 1. The second-order valence-electron chi connectivity index (χ2n) is 5.57. The first-order valence-corrected chi connectivity index (χ1v) is 6.68. The Morgan fingerprint density at radius 2 is 1.74 bits per heavy atom. The second-order valence-corrected chi connectivity index (χ2v) is 5.57. The first kappa shape index (κ1) is 15.3. The van der Waals surface area contributed by atoms with Gasteiger partial charge in [-0.25, -0.2) is 0 Å². The number of benzene rings is 1. The summed E-state index contributed by atoms with van der Waals surface area (Å²) in [6.45, 7) is 15.0. The fraction of sp³-hybridized carbons (Fsp3) is 0.333. The lowest BCUT2D eigenvalue weighted by Gasteiger charge is -2.34. The van der Waals surface area contributed by atoms with Crippen LogP contribution in [-0.4, -0.2) is 0 Å². The first-order valence-electron chi connectivity index (χ1n) is 6.68. The van der Waals surface area contributed by atoms with Crippen LogP contribution in [0.15, 0.2) is 55.1 Å². The van der Waals surface area contributed by atoms with Gasteiger partial charge < -0.3 is 5.73 Å². The zero-order valence-electron chi connectivity index (χ0n) is 12.5. The lowest BCUT2D eigenvalue weighted by atomic mass is 9.70. The Bertz CT molecular complexity index is 506. The molecule has 1 aliphatic rings. The van der Waals surface area contributed by atoms with Gasteiger partial charge in [-0.05, 0) is 29.9 Å². The van der Waals surface area contributed by atoms with Gasteiger partial charge in [-0.3, -0.25) is 0 Å². The molecular formula is C18H25N. The normalized spacial score (nSPS) is 26.2. The molecule has 1 aliphatic carbocycles. The van der Waals surface area contributed by atoms with Gasteiger partial charge >= 0.3 is 0 Å². The summed E-state index contributed by atoms with van der Waals surface area (Å²) >= 11 is 0. The van der Waals surface area contributed by atoms with Crippen LogP contribution in [-0.2, 0) is 5.41 Å². The van der Waals surface area contributed by atoms with Crippen LogP contribution in [0, 0.1) is 5.92 Å². The van der Waals surface area contributed by atoms with E-state index in [4.69, 9.17) is 5.73 Å². The molecule has 1 aromatic rings. The average Bonchev–Trinajstić information content (AvgIpc) is 2.39. The molecule has 0 aliphatic heterocycles. The molecule has 1 aromatic carbocycles. The summed E-state index contributed by atoms with van der Waals surface area (Å²) in [5.74, 6) is 0.494. The Balaban J connectivity index is 0.000000861. The molecule has 0 spiro atoms. The van der Waals surface area contributed by atoms with Crippen molar-refractivity contribution in [1.29, 1.82) is 0 Å². The summed E-state index contributed by atoms with van der Waals surface area (Å²) < 4.78 is 0. The highest BCUT2D eigenvalue weighted by Gasteiger charge is 2.30. The van der Waals surface area contributed by atoms with Gasteiger partial charge in [0.05, 0.1) is 0 Å². The summed E-state index contributed by atoms with van der Waals surface area (Å²) in [5, 5.41) is 0. The third-order valence-electron chi connectivity index (χ3n) is 3.97. The molecule has 1 nitrogen and oxygen atoms in total. The SMILES string of the molecule is C=C.CC1=C/C(C)C(C)(C)c2ccccc2\C(N)=C\1. The maximum atomic E-state index is 6.19. The van der Waals surface area contributed by atoms with Crippen molar-refractivity contribution in [2.24, 2.45) is 11.7 Å². The van der Waals surface area contributed by atoms with Crippen LogP contribution >= 0.6 is 0 Å². The first-order chi connectivity index (χ1) is 8.93. The summed E-state index contributed by atoms with van der Waals surface area (Å²) in [7, 11) is 0. The Labute approximate surface area is 117 Å². The van der Waals surface area contributed by atoms with E-state index in [1.165, 1.54) is 16.7 Å². The molecule has 0 heterocycles. The standard InChI is InChI=1S/C16H21N.C2H4/c1-11-9-12(2)16(3,4)14-8-6-5-7-13(14)15(17)10-11;1-2/h5-10,12H,17H2,1-4H3;1-2H2/b11-9-,15-10-;. The van der Waals surface area contributed by atoms with Crippen LogP contribution in [0.5, 0.6) is 0 Å². The highest BCUT2D eigenvalue weighted by atomic mass is 14.6. The van der Waals surface area contributed by atoms with E-state index in [-0.39, 0.29) is 5.41 Å². The molecule has 1 unspecified atom stereocenters. The number of fused-ring (bicyclic) bond motifs is 1. The predicted molar refractivity (Wildman–Crippen MR) is 85.8 cm³/mol. The minimum atomic E-state index is 0.108. The molecule has 102 valence electrons. The summed E-state index contributed by atoms with van der Waals surface area (Å²) in [6, 6.07) is 8.47. The Morgan fingerprint density at radius 3 is 2.37 bits per heavy atom. The number of rotatable bonds is 0. The van der Waals surface area contributed by atoms with Crippen molar-refractivity contribution in [3.63, 3.8) is 0 Å². The Morgan fingerprint density at radius 1 is 1.16 bits per heavy atom. The van der Waals surface area contributed by atoms with Crippen LogP contribution in [0.4, 0.5) is 0 Å². The van der Waals surface area contributed by atoms with Crippen molar-refractivity contribution >= 4 is 5.70 Å². The maximum absolute atomic E-state index is 6.19. The predicted octanol–water partition coefficient (Wildman–Crippen LogP) is 4.66. The van der Waals surface area contributed by atoms with Gasteiger partial charge in [0.25, 0.3) is 0 Å². The smallest absolute Gasteiger partial charge is 0.0393 e. The quantitative estimate of drug-likeness (QED) is 0.670. The lowest BCUT2D eigenvalue weighted by Crippen LogP contribution is -2.28. The molecule has 0 saturated heterocycles. The average molecular weight is 255 g/mol. The van der Waals surface area contributed by atoms with Gasteiger partial charge in [0.1, 0.15) is 0 Å². The Kier molecular flexibility index (Phi) is 4.77. The zero-order valence-corrected chi connectivity index (χ0v) is 12.5. The minimum absolute atomic E-state index is 0.108. The van der Waals surface area contributed by atoms with E-state index in [9.17, 15) is 0 Å².